The van der Waals surface area contributed by atoms with E-state index in [9.17, 15) is 24.6 Å². The number of hydrogen-bond donors (Lipinski definition) is 4. The van der Waals surface area contributed by atoms with Gasteiger partial charge in [0, 0.05) is 31.0 Å². The molecule has 4 rings (SSSR count). The van der Waals surface area contributed by atoms with Crippen LogP contribution in [0.4, 0.5) is 0 Å². The maximum atomic E-state index is 13.2. The van der Waals surface area contributed by atoms with Crippen LogP contribution in [0.1, 0.15) is 45.9 Å². The molecule has 2 aromatic rings. The molecule has 2 heterocycles. The first kappa shape index (κ1) is 31.7. The molecule has 11 heteroatoms. The average Bonchev–Trinajstić information content (AvgIpc) is 3.66. The van der Waals surface area contributed by atoms with Gasteiger partial charge in [-0.1, -0.05) is 36.4 Å². The number of carbonyl (C=O) groups excluding carboxylic acids is 3. The molecule has 226 valence electrons. The molecular formula is C31H41N5O5S. The zero-order valence-corrected chi connectivity index (χ0v) is 25.3. The SMILES string of the molecule is Cc1ccccc1CC1CSC(CNC(=O)[C@H](O)[C@@H](O)C(=O)N2CCC[C@@H]2c2cccc(C(=O)NCCN(C)C)c2)=N1. The highest BCUT2D eigenvalue weighted by Gasteiger charge is 2.38. The number of nitrogens with zero attached hydrogens (tertiary/aromatic N) is 3. The van der Waals surface area contributed by atoms with Crippen molar-refractivity contribution in [2.24, 2.45) is 4.99 Å². The van der Waals surface area contributed by atoms with Crippen molar-refractivity contribution in [1.82, 2.24) is 20.4 Å². The number of likely N-dealkylation sites (N-methyl/N-ethyl adjacent to an activating group) is 1. The standard InChI is InChI=1S/C31H41N5O5S/c1-20-8-4-5-9-21(20)17-24-19-42-26(34-24)18-33-30(40)27(37)28(38)31(41)36-14-7-12-25(36)22-10-6-11-23(16-22)29(39)32-13-15-35(2)3/h4-6,8-11,16,24-25,27-28,37-38H,7,12-15,17-19H2,1-3H3,(H,32,39)(H,33,40)/t24?,25-,27-,28-/m1/s1. The van der Waals surface area contributed by atoms with Gasteiger partial charge in [-0.25, -0.2) is 0 Å². The molecule has 2 aliphatic rings. The van der Waals surface area contributed by atoms with Gasteiger partial charge in [0.05, 0.1) is 23.7 Å². The van der Waals surface area contributed by atoms with Gasteiger partial charge in [0.15, 0.2) is 12.2 Å². The predicted molar refractivity (Wildman–Crippen MR) is 165 cm³/mol. The zero-order chi connectivity index (χ0) is 30.2. The molecule has 0 bridgehead atoms. The van der Waals surface area contributed by atoms with E-state index in [0.717, 1.165) is 22.8 Å². The van der Waals surface area contributed by atoms with Gasteiger partial charge in [0.25, 0.3) is 17.7 Å². The van der Waals surface area contributed by atoms with Crippen LogP contribution in [0.5, 0.6) is 0 Å². The van der Waals surface area contributed by atoms with Gasteiger partial charge in [0.2, 0.25) is 0 Å². The van der Waals surface area contributed by atoms with Crippen LogP contribution in [0, 0.1) is 6.92 Å². The highest BCUT2D eigenvalue weighted by molar-refractivity contribution is 8.14. The summed E-state index contributed by atoms with van der Waals surface area (Å²) in [6.07, 6.45) is -1.66. The Morgan fingerprint density at radius 3 is 2.64 bits per heavy atom. The monoisotopic (exact) mass is 595 g/mol. The van der Waals surface area contributed by atoms with Crippen LogP contribution in [0.25, 0.3) is 0 Å². The Hall–Kier alpha value is -3.25. The Morgan fingerprint density at radius 2 is 1.88 bits per heavy atom. The first-order valence-electron chi connectivity index (χ1n) is 14.3. The Kier molecular flexibility index (Phi) is 11.1. The van der Waals surface area contributed by atoms with E-state index in [2.05, 4.69) is 29.7 Å². The van der Waals surface area contributed by atoms with Crippen molar-refractivity contribution in [2.75, 3.05) is 46.0 Å². The topological polar surface area (TPSA) is 135 Å². The van der Waals surface area contributed by atoms with Crippen molar-refractivity contribution in [2.45, 2.75) is 50.5 Å². The summed E-state index contributed by atoms with van der Waals surface area (Å²) in [6, 6.07) is 15.0. The third-order valence-electron chi connectivity index (χ3n) is 7.63. The van der Waals surface area contributed by atoms with Crippen LogP contribution in [-0.4, -0.2) is 107 Å². The summed E-state index contributed by atoms with van der Waals surface area (Å²) in [4.78, 5) is 46.7. The smallest absolute Gasteiger partial charge is 0.255 e. The Balaban J connectivity index is 1.31. The molecule has 3 amide bonds. The molecule has 1 fully saturated rings. The first-order chi connectivity index (χ1) is 20.1. The average molecular weight is 596 g/mol. The van der Waals surface area contributed by atoms with E-state index in [1.807, 2.05) is 37.2 Å². The van der Waals surface area contributed by atoms with Gasteiger partial charge in [-0.05, 0) is 69.1 Å². The number of thioether (sulfide) groups is 1. The van der Waals surface area contributed by atoms with Crippen molar-refractivity contribution in [3.8, 4) is 0 Å². The lowest BCUT2D eigenvalue weighted by molar-refractivity contribution is -0.153. The zero-order valence-electron chi connectivity index (χ0n) is 24.5. The second-order valence-corrected chi connectivity index (χ2v) is 12.2. The van der Waals surface area contributed by atoms with E-state index in [-0.39, 0.29) is 24.5 Å². The first-order valence-corrected chi connectivity index (χ1v) is 15.3. The third-order valence-corrected chi connectivity index (χ3v) is 8.77. The third kappa shape index (κ3) is 8.19. The van der Waals surface area contributed by atoms with Gasteiger partial charge in [-0.15, -0.1) is 11.8 Å². The maximum Gasteiger partial charge on any atom is 0.255 e. The molecule has 0 saturated carbocycles. The fraction of sp³-hybridized carbons (Fsp3) is 0.484. The molecule has 0 aliphatic carbocycles. The Morgan fingerprint density at radius 1 is 1.10 bits per heavy atom. The maximum absolute atomic E-state index is 13.2. The molecule has 1 saturated heterocycles. The molecule has 42 heavy (non-hydrogen) atoms. The number of aliphatic hydroxyl groups is 2. The van der Waals surface area contributed by atoms with E-state index >= 15 is 0 Å². The molecule has 1 unspecified atom stereocenters. The number of likely N-dealkylation sites (tertiary alicyclic amines) is 1. The lowest BCUT2D eigenvalue weighted by atomic mass is 10.0. The van der Waals surface area contributed by atoms with Crippen LogP contribution >= 0.6 is 11.8 Å². The number of amides is 3. The van der Waals surface area contributed by atoms with Crippen LogP contribution < -0.4 is 10.6 Å². The number of rotatable bonds is 12. The second kappa shape index (κ2) is 14.8. The van der Waals surface area contributed by atoms with Crippen LogP contribution in [0.15, 0.2) is 53.5 Å². The number of benzene rings is 2. The minimum Gasteiger partial charge on any atom is -0.380 e. The van der Waals surface area contributed by atoms with E-state index in [0.29, 0.717) is 38.0 Å². The Bertz CT molecular complexity index is 1300. The largest absolute Gasteiger partial charge is 0.380 e. The highest BCUT2D eigenvalue weighted by atomic mass is 32.2. The second-order valence-electron chi connectivity index (χ2n) is 11.1. The van der Waals surface area contributed by atoms with E-state index in [4.69, 9.17) is 4.99 Å². The van der Waals surface area contributed by atoms with Gasteiger partial charge in [-0.2, -0.15) is 0 Å². The Labute approximate surface area is 251 Å². The number of aryl methyl sites for hydroxylation is 1. The molecule has 0 radical (unpaired) electrons. The summed E-state index contributed by atoms with van der Waals surface area (Å²) >= 11 is 1.56. The predicted octanol–water partition coefficient (Wildman–Crippen LogP) is 1.54. The van der Waals surface area contributed by atoms with Gasteiger partial charge < -0.3 is 30.6 Å². The molecule has 0 spiro atoms. The minimum absolute atomic E-state index is 0.106. The molecular weight excluding hydrogens is 554 g/mol. The van der Waals surface area contributed by atoms with Crippen LogP contribution in [0.2, 0.25) is 0 Å². The summed E-state index contributed by atoms with van der Waals surface area (Å²) in [5, 5.41) is 27.5. The summed E-state index contributed by atoms with van der Waals surface area (Å²) in [5.74, 6) is -0.938. The number of hydrogen-bond acceptors (Lipinski definition) is 8. The molecule has 0 aromatic heterocycles. The van der Waals surface area contributed by atoms with Gasteiger partial charge >= 0.3 is 0 Å². The quantitative estimate of drug-likeness (QED) is 0.293. The van der Waals surface area contributed by atoms with Crippen molar-refractivity contribution in [3.63, 3.8) is 0 Å². The van der Waals surface area contributed by atoms with E-state index in [1.54, 1.807) is 30.0 Å². The van der Waals surface area contributed by atoms with Crippen molar-refractivity contribution in [3.05, 3.63) is 70.8 Å². The number of nitrogens with one attached hydrogen (secondary N) is 2. The van der Waals surface area contributed by atoms with Crippen LogP contribution in [-0.2, 0) is 16.0 Å². The summed E-state index contributed by atoms with van der Waals surface area (Å²) < 4.78 is 0. The molecule has 2 aromatic carbocycles. The molecule has 4 N–H and O–H groups in total. The number of aliphatic imine (C=N–C) groups is 1. The van der Waals surface area contributed by atoms with Crippen molar-refractivity contribution < 1.29 is 24.6 Å². The van der Waals surface area contributed by atoms with Gasteiger partial charge in [-0.3, -0.25) is 19.4 Å². The van der Waals surface area contributed by atoms with Crippen molar-refractivity contribution >= 4 is 34.5 Å². The minimum atomic E-state index is -1.91. The summed E-state index contributed by atoms with van der Waals surface area (Å²) in [7, 11) is 3.86. The fourth-order valence-electron chi connectivity index (χ4n) is 5.24. The highest BCUT2D eigenvalue weighted by Crippen LogP contribution is 2.33. The number of aliphatic hydroxyl groups excluding tert-OH is 2. The summed E-state index contributed by atoms with van der Waals surface area (Å²) in [6.45, 7) is 3.80. The normalized spacial score (nSPS) is 19.9. The molecule has 4 atom stereocenters. The molecule has 2 aliphatic heterocycles. The van der Waals surface area contributed by atoms with E-state index < -0.39 is 24.0 Å². The summed E-state index contributed by atoms with van der Waals surface area (Å²) in [5.41, 5.74) is 3.71. The van der Waals surface area contributed by atoms with E-state index in [1.165, 1.54) is 16.0 Å². The lowest BCUT2D eigenvalue weighted by Gasteiger charge is -2.29. The lowest BCUT2D eigenvalue weighted by Crippen LogP contribution is -2.51. The van der Waals surface area contributed by atoms with Gasteiger partial charge in [0.1, 0.15) is 0 Å². The fourth-order valence-corrected chi connectivity index (χ4v) is 6.21. The van der Waals surface area contributed by atoms with Crippen LogP contribution in [0.3, 0.4) is 0 Å². The van der Waals surface area contributed by atoms with Crippen molar-refractivity contribution in [1.29, 1.82) is 0 Å². The molecule has 10 nitrogen and oxygen atoms in total. The number of carbonyl (C=O) groups is 3.